The number of aliphatic imine (C=N–C) groups is 1. The van der Waals surface area contributed by atoms with E-state index in [-0.39, 0.29) is 11.2 Å². The Bertz CT molecular complexity index is 729. The predicted molar refractivity (Wildman–Crippen MR) is 94.3 cm³/mol. The third kappa shape index (κ3) is 3.76. The van der Waals surface area contributed by atoms with Crippen molar-refractivity contribution in [3.8, 4) is 5.69 Å². The number of rotatable bonds is 4. The second-order valence-corrected chi connectivity index (χ2v) is 7.38. The van der Waals surface area contributed by atoms with Crippen LogP contribution in [0, 0.1) is 6.92 Å². The van der Waals surface area contributed by atoms with Crippen molar-refractivity contribution in [2.45, 2.75) is 24.3 Å². The molecule has 3 rings (SSSR count). The van der Waals surface area contributed by atoms with Crippen molar-refractivity contribution in [1.82, 2.24) is 20.1 Å². The highest BCUT2D eigenvalue weighted by atomic mass is 32.2. The summed E-state index contributed by atoms with van der Waals surface area (Å²) in [5, 5.41) is 12.3. The number of amides is 1. The van der Waals surface area contributed by atoms with Gasteiger partial charge in [0.05, 0.1) is 11.8 Å². The first kappa shape index (κ1) is 16.1. The van der Waals surface area contributed by atoms with Crippen molar-refractivity contribution in [3.05, 3.63) is 36.2 Å². The molecule has 0 saturated heterocycles. The van der Waals surface area contributed by atoms with Crippen molar-refractivity contribution in [1.29, 1.82) is 0 Å². The van der Waals surface area contributed by atoms with Crippen LogP contribution in [0.2, 0.25) is 0 Å². The molecule has 120 valence electrons. The summed E-state index contributed by atoms with van der Waals surface area (Å²) in [7, 11) is 0. The molecule has 0 radical (unpaired) electrons. The van der Waals surface area contributed by atoms with Gasteiger partial charge in [-0.05, 0) is 26.0 Å². The van der Waals surface area contributed by atoms with Gasteiger partial charge < -0.3 is 5.32 Å². The zero-order valence-electron chi connectivity index (χ0n) is 12.9. The van der Waals surface area contributed by atoms with Gasteiger partial charge in [0.2, 0.25) is 5.91 Å². The van der Waals surface area contributed by atoms with Crippen molar-refractivity contribution in [2.24, 2.45) is 4.99 Å². The SMILES string of the molecule is Cc1nnc(S[C@@H](C)C(=O)NC2=NCCS2)n1-c1ccccc1. The van der Waals surface area contributed by atoms with E-state index in [1.165, 1.54) is 11.8 Å². The van der Waals surface area contributed by atoms with Crippen LogP contribution in [0.5, 0.6) is 0 Å². The fourth-order valence-electron chi connectivity index (χ4n) is 2.12. The Morgan fingerprint density at radius 1 is 1.35 bits per heavy atom. The number of aromatic nitrogens is 3. The number of para-hydroxylation sites is 1. The fourth-order valence-corrected chi connectivity index (χ4v) is 3.77. The molecule has 1 aliphatic heterocycles. The molecule has 1 aromatic carbocycles. The molecule has 1 atom stereocenters. The van der Waals surface area contributed by atoms with E-state index >= 15 is 0 Å². The summed E-state index contributed by atoms with van der Waals surface area (Å²) < 4.78 is 1.95. The van der Waals surface area contributed by atoms with Gasteiger partial charge in [-0.3, -0.25) is 14.4 Å². The average Bonchev–Trinajstić information content (AvgIpc) is 3.18. The molecule has 6 nitrogen and oxygen atoms in total. The molecule has 0 bridgehead atoms. The second-order valence-electron chi connectivity index (χ2n) is 4.99. The Hall–Kier alpha value is -1.80. The molecule has 0 spiro atoms. The molecular formula is C15H17N5OS2. The maximum atomic E-state index is 12.3. The molecule has 8 heteroatoms. The maximum absolute atomic E-state index is 12.3. The number of amidine groups is 1. The molecule has 1 N–H and O–H groups in total. The number of hydrogen-bond donors (Lipinski definition) is 1. The van der Waals surface area contributed by atoms with E-state index in [4.69, 9.17) is 0 Å². The zero-order chi connectivity index (χ0) is 16.2. The van der Waals surface area contributed by atoms with Crippen LogP contribution in [0.15, 0.2) is 40.5 Å². The lowest BCUT2D eigenvalue weighted by atomic mass is 10.3. The van der Waals surface area contributed by atoms with Crippen LogP contribution in [0.1, 0.15) is 12.7 Å². The van der Waals surface area contributed by atoms with Crippen LogP contribution in [-0.2, 0) is 4.79 Å². The standard InChI is InChI=1S/C15H17N5OS2/c1-10(13(21)17-14-16-8-9-22-14)23-15-19-18-11(2)20(15)12-6-4-3-5-7-12/h3-7,10H,8-9H2,1-2H3,(H,16,17,21)/t10-/m0/s1. The van der Waals surface area contributed by atoms with Crippen molar-refractivity contribution < 1.29 is 4.79 Å². The number of aryl methyl sites for hydroxylation is 1. The second kappa shape index (κ2) is 7.18. The van der Waals surface area contributed by atoms with Gasteiger partial charge in [-0.2, -0.15) is 0 Å². The lowest BCUT2D eigenvalue weighted by Gasteiger charge is -2.12. The molecular weight excluding hydrogens is 330 g/mol. The molecule has 0 aliphatic carbocycles. The molecule has 2 heterocycles. The summed E-state index contributed by atoms with van der Waals surface area (Å²) in [6.07, 6.45) is 0. The Morgan fingerprint density at radius 2 is 2.13 bits per heavy atom. The minimum atomic E-state index is -0.287. The van der Waals surface area contributed by atoms with Gasteiger partial charge in [-0.1, -0.05) is 41.7 Å². The minimum absolute atomic E-state index is 0.0663. The van der Waals surface area contributed by atoms with E-state index in [1.807, 2.05) is 48.7 Å². The minimum Gasteiger partial charge on any atom is -0.304 e. The monoisotopic (exact) mass is 347 g/mol. The third-order valence-corrected chi connectivity index (χ3v) is 5.21. The molecule has 0 saturated carbocycles. The number of carbonyl (C=O) groups excluding carboxylic acids is 1. The summed E-state index contributed by atoms with van der Waals surface area (Å²) in [5.74, 6) is 1.66. The summed E-state index contributed by atoms with van der Waals surface area (Å²) >= 11 is 2.96. The molecule has 2 aromatic rings. The number of carbonyl (C=O) groups is 1. The summed E-state index contributed by atoms with van der Waals surface area (Å²) in [6, 6.07) is 9.89. The Labute approximate surface area is 143 Å². The smallest absolute Gasteiger partial charge is 0.239 e. The summed E-state index contributed by atoms with van der Waals surface area (Å²) in [6.45, 7) is 4.53. The molecule has 0 unspecified atom stereocenters. The van der Waals surface area contributed by atoms with Gasteiger partial charge >= 0.3 is 0 Å². The van der Waals surface area contributed by atoms with Crippen molar-refractivity contribution in [3.63, 3.8) is 0 Å². The Morgan fingerprint density at radius 3 is 2.83 bits per heavy atom. The van der Waals surface area contributed by atoms with Crippen LogP contribution in [0.3, 0.4) is 0 Å². The maximum Gasteiger partial charge on any atom is 0.239 e. The summed E-state index contributed by atoms with van der Waals surface area (Å²) in [5.41, 5.74) is 0.987. The predicted octanol–water partition coefficient (Wildman–Crippen LogP) is 2.28. The van der Waals surface area contributed by atoms with Crippen LogP contribution in [0.25, 0.3) is 5.69 Å². The van der Waals surface area contributed by atoms with Gasteiger partial charge in [-0.25, -0.2) is 0 Å². The van der Waals surface area contributed by atoms with E-state index in [0.29, 0.717) is 10.3 Å². The third-order valence-electron chi connectivity index (χ3n) is 3.28. The molecule has 0 fully saturated rings. The Balaban J connectivity index is 1.74. The quantitative estimate of drug-likeness (QED) is 0.859. The van der Waals surface area contributed by atoms with Gasteiger partial charge in [0.15, 0.2) is 10.3 Å². The number of nitrogens with one attached hydrogen (secondary N) is 1. The van der Waals surface area contributed by atoms with Gasteiger partial charge in [0.1, 0.15) is 5.82 Å². The van der Waals surface area contributed by atoms with Crippen LogP contribution >= 0.6 is 23.5 Å². The number of hydrogen-bond acceptors (Lipinski definition) is 6. The van der Waals surface area contributed by atoms with Crippen LogP contribution in [-0.4, -0.2) is 43.4 Å². The first-order valence-corrected chi connectivity index (χ1v) is 9.14. The first-order valence-electron chi connectivity index (χ1n) is 7.27. The van der Waals surface area contributed by atoms with Gasteiger partial charge in [0, 0.05) is 11.4 Å². The number of thioether (sulfide) groups is 2. The van der Waals surface area contributed by atoms with Crippen molar-refractivity contribution >= 4 is 34.6 Å². The van der Waals surface area contributed by atoms with E-state index < -0.39 is 0 Å². The van der Waals surface area contributed by atoms with E-state index in [0.717, 1.165) is 23.8 Å². The molecule has 1 amide bonds. The zero-order valence-corrected chi connectivity index (χ0v) is 14.5. The topological polar surface area (TPSA) is 72.2 Å². The fraction of sp³-hybridized carbons (Fsp3) is 0.333. The molecule has 1 aliphatic rings. The highest BCUT2D eigenvalue weighted by molar-refractivity contribution is 8.14. The lowest BCUT2D eigenvalue weighted by molar-refractivity contribution is -0.118. The molecule has 23 heavy (non-hydrogen) atoms. The highest BCUT2D eigenvalue weighted by Crippen LogP contribution is 2.25. The number of benzene rings is 1. The average molecular weight is 347 g/mol. The van der Waals surface area contributed by atoms with Gasteiger partial charge in [0.25, 0.3) is 0 Å². The lowest BCUT2D eigenvalue weighted by Crippen LogP contribution is -2.34. The van der Waals surface area contributed by atoms with E-state index in [1.54, 1.807) is 11.8 Å². The van der Waals surface area contributed by atoms with E-state index in [2.05, 4.69) is 20.5 Å². The molecule has 1 aromatic heterocycles. The largest absolute Gasteiger partial charge is 0.304 e. The van der Waals surface area contributed by atoms with E-state index in [9.17, 15) is 4.79 Å². The summed E-state index contributed by atoms with van der Waals surface area (Å²) in [4.78, 5) is 16.5. The van der Waals surface area contributed by atoms with Crippen LogP contribution < -0.4 is 5.32 Å². The first-order chi connectivity index (χ1) is 11.1. The number of nitrogens with zero attached hydrogens (tertiary/aromatic N) is 4. The van der Waals surface area contributed by atoms with Gasteiger partial charge in [-0.15, -0.1) is 10.2 Å². The van der Waals surface area contributed by atoms with Crippen molar-refractivity contribution in [2.75, 3.05) is 12.3 Å². The normalized spacial score (nSPS) is 15.3. The highest BCUT2D eigenvalue weighted by Gasteiger charge is 2.21. The Kier molecular flexibility index (Phi) is 5.02. The van der Waals surface area contributed by atoms with Crippen LogP contribution in [0.4, 0.5) is 0 Å².